The van der Waals surface area contributed by atoms with Gasteiger partial charge in [-0.2, -0.15) is 0 Å². The summed E-state index contributed by atoms with van der Waals surface area (Å²) in [4.78, 5) is 0. The highest BCUT2D eigenvalue weighted by molar-refractivity contribution is 6.27. The molecule has 0 bridgehead atoms. The molecule has 0 saturated heterocycles. The molecule has 0 fully saturated rings. The average molecular weight is 326 g/mol. The van der Waals surface area contributed by atoms with Crippen molar-refractivity contribution in [2.75, 3.05) is 0 Å². The number of benzene rings is 4. The van der Waals surface area contributed by atoms with Crippen LogP contribution in [0, 0.1) is 0 Å². The van der Waals surface area contributed by atoms with E-state index >= 15 is 0 Å². The minimum Gasteiger partial charge on any atom is -0.508 e. The Morgan fingerprint density at radius 1 is 0.640 bits per heavy atom. The van der Waals surface area contributed by atoms with E-state index in [-0.39, 0.29) is 11.5 Å². The fourth-order valence-corrected chi connectivity index (χ4v) is 3.57. The summed E-state index contributed by atoms with van der Waals surface area (Å²) >= 11 is 0. The van der Waals surface area contributed by atoms with E-state index < -0.39 is 0 Å². The highest BCUT2D eigenvalue weighted by Gasteiger charge is 2.16. The largest absolute Gasteiger partial charge is 0.508 e. The van der Waals surface area contributed by atoms with Crippen molar-refractivity contribution in [1.82, 2.24) is 0 Å². The summed E-state index contributed by atoms with van der Waals surface area (Å²) in [6, 6.07) is 20.6. The molecule has 0 spiro atoms. The molecule has 0 radical (unpaired) electrons. The Kier molecular flexibility index (Phi) is 2.80. The summed E-state index contributed by atoms with van der Waals surface area (Å²) in [5.74, 6) is 0.450. The Bertz CT molecular complexity index is 1250. The first-order chi connectivity index (χ1) is 12.2. The van der Waals surface area contributed by atoms with Gasteiger partial charge < -0.3 is 14.6 Å². The van der Waals surface area contributed by atoms with E-state index in [9.17, 15) is 10.2 Å². The van der Waals surface area contributed by atoms with Crippen LogP contribution in [0.3, 0.4) is 0 Å². The lowest BCUT2D eigenvalue weighted by Gasteiger charge is -2.08. The maximum atomic E-state index is 10.0. The van der Waals surface area contributed by atoms with Crippen LogP contribution in [0.1, 0.15) is 0 Å². The molecule has 0 atom stereocenters. The van der Waals surface area contributed by atoms with Gasteiger partial charge in [0.1, 0.15) is 17.1 Å². The van der Waals surface area contributed by atoms with E-state index in [1.807, 2.05) is 36.4 Å². The number of hydrogen-bond acceptors (Lipinski definition) is 3. The second-order valence-electron chi connectivity index (χ2n) is 6.18. The van der Waals surface area contributed by atoms with Crippen molar-refractivity contribution in [2.45, 2.75) is 0 Å². The quantitative estimate of drug-likeness (QED) is 0.382. The Labute approximate surface area is 143 Å². The van der Waals surface area contributed by atoms with Crippen LogP contribution in [0.25, 0.3) is 43.6 Å². The number of phenolic OH excluding ortho intramolecular Hbond substituents is 2. The maximum absolute atomic E-state index is 10.0. The van der Waals surface area contributed by atoms with Crippen molar-refractivity contribution in [2.24, 2.45) is 0 Å². The van der Waals surface area contributed by atoms with Crippen LogP contribution in [0.4, 0.5) is 0 Å². The molecule has 0 aliphatic carbocycles. The molecule has 2 N–H and O–H groups in total. The number of hydrogen-bond donors (Lipinski definition) is 2. The van der Waals surface area contributed by atoms with Crippen LogP contribution in [-0.2, 0) is 0 Å². The molecular formula is C22H14O3. The molecule has 25 heavy (non-hydrogen) atoms. The lowest BCUT2D eigenvalue weighted by molar-refractivity contribution is 0.475. The van der Waals surface area contributed by atoms with Gasteiger partial charge in [0.25, 0.3) is 0 Å². The first-order valence-electron chi connectivity index (χ1n) is 8.06. The second kappa shape index (κ2) is 5.02. The molecular weight excluding hydrogens is 312 g/mol. The molecule has 0 aliphatic rings. The van der Waals surface area contributed by atoms with Gasteiger partial charge in [0.05, 0.1) is 6.26 Å². The van der Waals surface area contributed by atoms with Gasteiger partial charge in [-0.25, -0.2) is 0 Å². The normalized spacial score (nSPS) is 11.5. The minimum atomic E-state index is 0.224. The molecule has 4 aromatic carbocycles. The molecule has 1 aromatic heterocycles. The third-order valence-corrected chi connectivity index (χ3v) is 4.70. The van der Waals surface area contributed by atoms with Gasteiger partial charge in [-0.1, -0.05) is 42.5 Å². The third kappa shape index (κ3) is 1.99. The summed E-state index contributed by atoms with van der Waals surface area (Å²) < 4.78 is 5.95. The van der Waals surface area contributed by atoms with Gasteiger partial charge in [0.2, 0.25) is 0 Å². The number of furan rings is 1. The Morgan fingerprint density at radius 3 is 2.12 bits per heavy atom. The summed E-state index contributed by atoms with van der Waals surface area (Å²) in [6.45, 7) is 0. The van der Waals surface area contributed by atoms with Crippen LogP contribution in [0.15, 0.2) is 77.4 Å². The Balaban J connectivity index is 2.01. The van der Waals surface area contributed by atoms with Crippen molar-refractivity contribution in [1.29, 1.82) is 0 Å². The van der Waals surface area contributed by atoms with E-state index in [1.54, 1.807) is 30.5 Å². The summed E-state index contributed by atoms with van der Waals surface area (Å²) in [5.41, 5.74) is 2.70. The smallest absolute Gasteiger partial charge is 0.142 e. The van der Waals surface area contributed by atoms with Gasteiger partial charge >= 0.3 is 0 Å². The second-order valence-corrected chi connectivity index (χ2v) is 6.18. The van der Waals surface area contributed by atoms with Gasteiger partial charge in [-0.3, -0.25) is 0 Å². The Morgan fingerprint density at radius 2 is 1.32 bits per heavy atom. The van der Waals surface area contributed by atoms with Gasteiger partial charge in [-0.05, 0) is 46.0 Å². The van der Waals surface area contributed by atoms with E-state index in [0.717, 1.165) is 43.6 Å². The molecule has 120 valence electrons. The van der Waals surface area contributed by atoms with Gasteiger partial charge in [0.15, 0.2) is 0 Å². The molecule has 0 unspecified atom stereocenters. The number of fused-ring (bicyclic) bond motifs is 6. The molecule has 1 heterocycles. The molecule has 0 saturated carbocycles. The minimum absolute atomic E-state index is 0.224. The lowest BCUT2D eigenvalue weighted by atomic mass is 9.94. The summed E-state index contributed by atoms with van der Waals surface area (Å²) in [5, 5.41) is 24.7. The van der Waals surface area contributed by atoms with E-state index in [1.165, 1.54) is 0 Å². The highest BCUT2D eigenvalue weighted by Crippen LogP contribution is 2.42. The van der Waals surface area contributed by atoms with Crippen LogP contribution in [0.5, 0.6) is 11.5 Å². The predicted molar refractivity (Wildman–Crippen MR) is 100.0 cm³/mol. The Hall–Kier alpha value is -3.46. The molecule has 5 rings (SSSR count). The standard InChI is InChI=1S/C22H14O3/c23-14-7-5-13(6-8-14)20-12-25-22-18-4-2-1-3-16(18)17-10-9-15(24)11-19(17)21(20)22/h1-12,23-24H. The van der Waals surface area contributed by atoms with E-state index in [2.05, 4.69) is 6.07 Å². The van der Waals surface area contributed by atoms with Crippen LogP contribution < -0.4 is 0 Å². The predicted octanol–water partition coefficient (Wildman–Crippen LogP) is 5.82. The fourth-order valence-electron chi connectivity index (χ4n) is 3.57. The number of aromatic hydroxyl groups is 2. The molecule has 3 nitrogen and oxygen atoms in total. The molecule has 5 aromatic rings. The van der Waals surface area contributed by atoms with Crippen molar-refractivity contribution >= 4 is 32.5 Å². The summed E-state index contributed by atoms with van der Waals surface area (Å²) in [7, 11) is 0. The monoisotopic (exact) mass is 326 g/mol. The van der Waals surface area contributed by atoms with Crippen molar-refractivity contribution in [3.63, 3.8) is 0 Å². The average Bonchev–Trinajstić information content (AvgIpc) is 3.08. The zero-order valence-corrected chi connectivity index (χ0v) is 13.2. The first kappa shape index (κ1) is 13.9. The SMILES string of the molecule is Oc1ccc(-c2coc3c4ccccc4c4ccc(O)cc4c23)cc1. The maximum Gasteiger partial charge on any atom is 0.142 e. The topological polar surface area (TPSA) is 53.6 Å². The highest BCUT2D eigenvalue weighted by atomic mass is 16.3. The zero-order valence-electron chi connectivity index (χ0n) is 13.2. The third-order valence-electron chi connectivity index (χ3n) is 4.70. The van der Waals surface area contributed by atoms with Crippen LogP contribution >= 0.6 is 0 Å². The molecule has 0 aliphatic heterocycles. The van der Waals surface area contributed by atoms with Crippen molar-refractivity contribution < 1.29 is 14.6 Å². The van der Waals surface area contributed by atoms with E-state index in [0.29, 0.717) is 0 Å². The number of rotatable bonds is 1. The van der Waals surface area contributed by atoms with Gasteiger partial charge in [0, 0.05) is 16.3 Å². The number of phenols is 2. The lowest BCUT2D eigenvalue weighted by Crippen LogP contribution is -1.82. The molecule has 3 heteroatoms. The van der Waals surface area contributed by atoms with Gasteiger partial charge in [-0.15, -0.1) is 0 Å². The van der Waals surface area contributed by atoms with Crippen molar-refractivity contribution in [3.05, 3.63) is 73.0 Å². The summed E-state index contributed by atoms with van der Waals surface area (Å²) in [6.07, 6.45) is 1.74. The van der Waals surface area contributed by atoms with Crippen LogP contribution in [0.2, 0.25) is 0 Å². The van der Waals surface area contributed by atoms with E-state index in [4.69, 9.17) is 4.42 Å². The fraction of sp³-hybridized carbons (Fsp3) is 0. The zero-order chi connectivity index (χ0) is 17.0. The first-order valence-corrected chi connectivity index (χ1v) is 8.06. The molecule has 0 amide bonds. The van der Waals surface area contributed by atoms with Crippen LogP contribution in [-0.4, -0.2) is 10.2 Å². The van der Waals surface area contributed by atoms with Crippen molar-refractivity contribution in [3.8, 4) is 22.6 Å².